The number of carbonyl (C=O) groups excluding carboxylic acids is 1. The van der Waals surface area contributed by atoms with Crippen molar-refractivity contribution in [2.75, 3.05) is 20.3 Å². The van der Waals surface area contributed by atoms with Gasteiger partial charge in [-0.25, -0.2) is 4.79 Å². The van der Waals surface area contributed by atoms with Crippen LogP contribution in [0.15, 0.2) is 36.6 Å². The summed E-state index contributed by atoms with van der Waals surface area (Å²) in [4.78, 5) is 28.5. The molecule has 1 spiro atoms. The van der Waals surface area contributed by atoms with Gasteiger partial charge in [0.1, 0.15) is 17.8 Å². The molecule has 224 valence electrons. The van der Waals surface area contributed by atoms with E-state index in [0.29, 0.717) is 35.9 Å². The van der Waals surface area contributed by atoms with Crippen molar-refractivity contribution in [1.29, 1.82) is 0 Å². The molecular weight excluding hydrogens is 538 g/mol. The number of fused-ring (bicyclic) bond motifs is 2. The minimum Gasteiger partial charge on any atom is -0.661 e. The third kappa shape index (κ3) is 4.62. The second-order valence-corrected chi connectivity index (χ2v) is 10.9. The average molecular weight is 575 g/mol. The molecule has 8 atom stereocenters. The molecule has 8 unspecified atom stereocenters. The van der Waals surface area contributed by atoms with Gasteiger partial charge in [0.05, 0.1) is 32.0 Å². The third-order valence-electron chi connectivity index (χ3n) is 8.86. The normalized spacial score (nSPS) is 36.0. The first-order valence-corrected chi connectivity index (χ1v) is 13.8. The van der Waals surface area contributed by atoms with Crippen LogP contribution < -0.4 is 15.6 Å². The van der Waals surface area contributed by atoms with Gasteiger partial charge in [-0.2, -0.15) is 6.20 Å². The van der Waals surface area contributed by atoms with E-state index in [1.807, 2.05) is 0 Å². The zero-order chi connectivity index (χ0) is 29.5. The number of carboxylic acids is 1. The summed E-state index contributed by atoms with van der Waals surface area (Å²) >= 11 is 0. The highest BCUT2D eigenvalue weighted by atomic mass is 16.7. The second-order valence-electron chi connectivity index (χ2n) is 10.9. The van der Waals surface area contributed by atoms with Gasteiger partial charge in [-0.15, -0.1) is 6.58 Å². The number of hydrogen-bond acceptors (Lipinski definition) is 10. The summed E-state index contributed by atoms with van der Waals surface area (Å²) in [5, 5.41) is 54.6. The van der Waals surface area contributed by atoms with E-state index in [9.17, 15) is 35.1 Å². The molecule has 4 aliphatic rings. The van der Waals surface area contributed by atoms with E-state index in [4.69, 9.17) is 18.9 Å². The summed E-state index contributed by atoms with van der Waals surface area (Å²) in [6, 6.07) is 1.80. The number of ether oxygens (including phenoxy) is 4. The molecule has 2 aliphatic heterocycles. The maximum Gasteiger partial charge on any atom is 0.333 e. The van der Waals surface area contributed by atoms with Gasteiger partial charge in [0.2, 0.25) is 0 Å². The number of methoxy groups -OCH3 is 1. The Balaban J connectivity index is 1.50. The fraction of sp³-hybridized carbons (Fsp3) is 0.586. The van der Waals surface area contributed by atoms with E-state index >= 15 is 0 Å². The molecule has 2 aliphatic carbocycles. The van der Waals surface area contributed by atoms with Gasteiger partial charge in [-0.1, -0.05) is 23.6 Å². The summed E-state index contributed by atoms with van der Waals surface area (Å²) in [7, 11) is 1.22. The fourth-order valence-electron chi connectivity index (χ4n) is 6.92. The molecule has 2 fully saturated rings. The van der Waals surface area contributed by atoms with Crippen molar-refractivity contribution >= 4 is 23.3 Å². The molecule has 0 amide bonds. The van der Waals surface area contributed by atoms with Crippen LogP contribution in [0.5, 0.6) is 0 Å². The van der Waals surface area contributed by atoms with E-state index in [-0.39, 0.29) is 31.4 Å². The highest BCUT2D eigenvalue weighted by Crippen LogP contribution is 2.53. The van der Waals surface area contributed by atoms with Crippen molar-refractivity contribution in [2.24, 2.45) is 11.8 Å². The molecule has 3 heterocycles. The van der Waals surface area contributed by atoms with E-state index in [2.05, 4.69) is 11.6 Å². The van der Waals surface area contributed by atoms with Crippen LogP contribution in [0.3, 0.4) is 0 Å². The molecule has 1 aromatic heterocycles. The van der Waals surface area contributed by atoms with Crippen LogP contribution in [0.1, 0.15) is 38.5 Å². The predicted molar refractivity (Wildman–Crippen MR) is 141 cm³/mol. The average Bonchev–Trinajstić information content (AvgIpc) is 3.45. The molecule has 1 aromatic rings. The van der Waals surface area contributed by atoms with Crippen LogP contribution in [-0.2, 0) is 28.5 Å². The largest absolute Gasteiger partial charge is 0.661 e. The van der Waals surface area contributed by atoms with Crippen molar-refractivity contribution in [3.8, 4) is 0 Å². The molecule has 5 N–H and O–H groups in total. The Kier molecular flexibility index (Phi) is 8.16. The molecule has 41 heavy (non-hydrogen) atoms. The minimum atomic E-state index is -1.96. The van der Waals surface area contributed by atoms with Gasteiger partial charge in [-0.3, -0.25) is 4.79 Å². The molecule has 0 radical (unpaired) electrons. The number of rotatable bonds is 10. The van der Waals surface area contributed by atoms with Crippen molar-refractivity contribution in [3.63, 3.8) is 0 Å². The molecule has 0 aromatic carbocycles. The molecule has 1 saturated carbocycles. The first-order chi connectivity index (χ1) is 19.7. The number of nitrogens with zero attached hydrogens (tertiary/aromatic N) is 1. The van der Waals surface area contributed by atoms with Crippen LogP contribution in [0.25, 0.3) is 11.3 Å². The van der Waals surface area contributed by atoms with Gasteiger partial charge in [0.15, 0.2) is 11.9 Å². The molecule has 2 bridgehead atoms. The van der Waals surface area contributed by atoms with Gasteiger partial charge >= 0.3 is 11.9 Å². The maximum atomic E-state index is 12.4. The summed E-state index contributed by atoms with van der Waals surface area (Å²) in [6.45, 7) is 3.18. The number of carboxylic acid groups (broad SMARTS) is 1. The smallest absolute Gasteiger partial charge is 0.333 e. The monoisotopic (exact) mass is 574 g/mol. The number of esters is 1. The summed E-state index contributed by atoms with van der Waals surface area (Å²) in [5.41, 5.74) is -2.73. The highest BCUT2D eigenvalue weighted by molar-refractivity contribution is 5.90. The molecular formula is C29H36NO11-. The number of aliphatic carboxylic acids is 1. The Bertz CT molecular complexity index is 1350. The topological polar surface area (TPSA) is 186 Å². The number of carbonyl (C=O) groups is 2. The van der Waals surface area contributed by atoms with Gasteiger partial charge < -0.3 is 49.5 Å². The Morgan fingerprint density at radius 2 is 2.10 bits per heavy atom. The van der Waals surface area contributed by atoms with Gasteiger partial charge in [0.25, 0.3) is 0 Å². The lowest BCUT2D eigenvalue weighted by atomic mass is 9.63. The maximum absolute atomic E-state index is 12.4. The third-order valence-corrected chi connectivity index (χ3v) is 8.86. The van der Waals surface area contributed by atoms with Crippen LogP contribution in [-0.4, -0.2) is 93.6 Å². The van der Waals surface area contributed by atoms with Crippen LogP contribution >= 0.6 is 0 Å². The van der Waals surface area contributed by atoms with E-state index in [0.717, 1.165) is 5.22 Å². The first kappa shape index (κ1) is 29.5. The van der Waals surface area contributed by atoms with E-state index in [1.54, 1.807) is 18.3 Å². The predicted octanol–water partition coefficient (Wildman–Crippen LogP) is -1.17. The van der Waals surface area contributed by atoms with Crippen molar-refractivity contribution < 1.29 is 54.1 Å². The molecule has 12 heteroatoms. The van der Waals surface area contributed by atoms with Crippen LogP contribution in [0, 0.1) is 11.8 Å². The lowest BCUT2D eigenvalue weighted by Crippen LogP contribution is -2.78. The summed E-state index contributed by atoms with van der Waals surface area (Å²) in [6.07, 6.45) is 0.590. The number of aliphatic hydroxyl groups is 4. The molecule has 12 nitrogen and oxygen atoms in total. The standard InChI is InChI=1S/C29H36NO11/c1-3-15-18(13-23(33)34)16(25(35)38-2)6-7-20(15)39-27-28(37)10-8-19-17-9-11-30-24(17)21(5-4-12-31)41-29(19,26(28)36)22(14-32)40-27/h3,6,9,11,15,18,20,22,26-27,31-32,36-37H,1,4-5,7-8,10,12-14H2,2H3,(H,33,34)/q-1. The van der Waals surface area contributed by atoms with Crippen LogP contribution in [0.2, 0.25) is 0 Å². The zero-order valence-electron chi connectivity index (χ0n) is 22.8. The van der Waals surface area contributed by atoms with Crippen molar-refractivity contribution in [3.05, 3.63) is 47.1 Å². The van der Waals surface area contributed by atoms with Crippen molar-refractivity contribution in [1.82, 2.24) is 4.98 Å². The Morgan fingerprint density at radius 3 is 2.76 bits per heavy atom. The highest BCUT2D eigenvalue weighted by Gasteiger charge is 2.69. The number of aromatic nitrogens is 1. The van der Waals surface area contributed by atoms with Crippen molar-refractivity contribution in [2.45, 2.75) is 74.3 Å². The lowest BCUT2D eigenvalue weighted by Gasteiger charge is -2.60. The second kappa shape index (κ2) is 11.3. The number of hydrogen-bond donors (Lipinski definition) is 5. The Hall–Kier alpha value is -3.00. The minimum absolute atomic E-state index is 0.0430. The molecule has 1 saturated heterocycles. The molecule has 5 rings (SSSR count). The SMILES string of the molecule is C=CC1C(OC2OC(CO)C34OC(CCCO)=c5[n-]ccc5=C3CCC2(O)C4O)CC=C(C(=O)OC)C1CC(=O)O. The van der Waals surface area contributed by atoms with Gasteiger partial charge in [0, 0.05) is 30.4 Å². The summed E-state index contributed by atoms with van der Waals surface area (Å²) < 4.78 is 23.8. The van der Waals surface area contributed by atoms with Gasteiger partial charge in [-0.05, 0) is 36.5 Å². The van der Waals surface area contributed by atoms with E-state index in [1.165, 1.54) is 13.2 Å². The Morgan fingerprint density at radius 1 is 1.32 bits per heavy atom. The van der Waals surface area contributed by atoms with Crippen LogP contribution in [0.4, 0.5) is 0 Å². The Labute approximate surface area is 236 Å². The zero-order valence-corrected chi connectivity index (χ0v) is 22.8. The number of aliphatic hydroxyl groups excluding tert-OH is 3. The van der Waals surface area contributed by atoms with E-state index < -0.39 is 66.2 Å². The quantitative estimate of drug-likeness (QED) is 0.167. The first-order valence-electron chi connectivity index (χ1n) is 13.8. The lowest BCUT2D eigenvalue weighted by molar-refractivity contribution is -0.372. The summed E-state index contributed by atoms with van der Waals surface area (Å²) in [5.74, 6) is -2.82. The fourth-order valence-corrected chi connectivity index (χ4v) is 6.92.